The number of benzene rings is 2. The van der Waals surface area contributed by atoms with Gasteiger partial charge >= 0.3 is 6.03 Å². The number of hydrogen-bond donors (Lipinski definition) is 4. The number of rotatable bonds is 5. The van der Waals surface area contributed by atoms with E-state index in [1.54, 1.807) is 42.6 Å². The summed E-state index contributed by atoms with van der Waals surface area (Å²) >= 11 is 5.86. The number of nitrogens with two attached hydrogens (primary N) is 2. The number of hydrogen-bond acceptors (Lipinski definition) is 6. The summed E-state index contributed by atoms with van der Waals surface area (Å²) in [5.74, 6) is -0.556. The van der Waals surface area contributed by atoms with E-state index < -0.39 is 17.4 Å². The monoisotopic (exact) mass is 481 g/mol. The molecule has 6 N–H and O–H groups in total. The highest BCUT2D eigenvalue weighted by Gasteiger charge is 2.15. The molecule has 0 unspecified atom stereocenters. The molecule has 176 valence electrons. The van der Waals surface area contributed by atoms with Crippen LogP contribution in [0.5, 0.6) is 0 Å². The van der Waals surface area contributed by atoms with Crippen LogP contribution >= 0.6 is 11.6 Å². The molecule has 0 fully saturated rings. The lowest BCUT2D eigenvalue weighted by atomic mass is 10.0. The zero-order valence-electron chi connectivity index (χ0n) is 18.9. The van der Waals surface area contributed by atoms with E-state index in [1.807, 2.05) is 20.8 Å². The molecule has 0 spiro atoms. The van der Waals surface area contributed by atoms with Crippen molar-refractivity contribution in [1.82, 2.24) is 9.97 Å². The van der Waals surface area contributed by atoms with Crippen LogP contribution in [-0.2, 0) is 0 Å². The number of nitrogens with one attached hydrogen (secondary N) is 2. The molecule has 1 aromatic heterocycles. The minimum atomic E-state index is -0.621. The average molecular weight is 482 g/mol. The van der Waals surface area contributed by atoms with Crippen molar-refractivity contribution >= 4 is 52.4 Å². The first-order valence-corrected chi connectivity index (χ1v) is 10.7. The maximum absolute atomic E-state index is 14.6. The van der Waals surface area contributed by atoms with Gasteiger partial charge in [0.15, 0.2) is 0 Å². The smallest absolute Gasteiger partial charge is 0.323 e. The van der Waals surface area contributed by atoms with Crippen LogP contribution in [0.3, 0.4) is 0 Å². The molecule has 0 saturated heterocycles. The number of aliphatic imine (C=N–C) groups is 1. The third-order valence-electron chi connectivity index (χ3n) is 4.45. The second-order valence-corrected chi connectivity index (χ2v) is 8.77. The number of allylic oxidation sites excluding steroid dienone is 1. The lowest BCUT2D eigenvalue weighted by molar-refractivity contribution is 0.262. The molecule has 3 aromatic rings. The quantitative estimate of drug-likeness (QED) is 0.372. The topological polar surface area (TPSA) is 131 Å². The number of urea groups is 1. The molecule has 2 amide bonds. The molecule has 2 aromatic carbocycles. The van der Waals surface area contributed by atoms with Crippen molar-refractivity contribution < 1.29 is 9.18 Å². The van der Waals surface area contributed by atoms with E-state index in [9.17, 15) is 9.18 Å². The van der Waals surface area contributed by atoms with Crippen molar-refractivity contribution in [3.05, 3.63) is 76.8 Å². The Morgan fingerprint density at radius 1 is 1.12 bits per heavy atom. The summed E-state index contributed by atoms with van der Waals surface area (Å²) in [6.07, 6.45) is 3.08. The Kier molecular flexibility index (Phi) is 7.47. The zero-order valence-corrected chi connectivity index (χ0v) is 19.7. The van der Waals surface area contributed by atoms with Gasteiger partial charge in [-0.2, -0.15) is 0 Å². The van der Waals surface area contributed by atoms with Crippen LogP contribution in [-0.4, -0.2) is 27.8 Å². The highest BCUT2D eigenvalue weighted by Crippen LogP contribution is 2.26. The van der Waals surface area contributed by atoms with E-state index in [0.717, 1.165) is 0 Å². The number of anilines is 3. The second kappa shape index (κ2) is 10.3. The SMILES string of the molecule is CC(C)(C)N=CC(=C(N)c1ccnc(N)n1)c1ccc(F)c(NC(=O)Nc2ccc(Cl)cc2)c1. The molecule has 0 atom stereocenters. The third kappa shape index (κ3) is 6.76. The maximum atomic E-state index is 14.6. The van der Waals surface area contributed by atoms with Crippen LogP contribution in [0.2, 0.25) is 5.02 Å². The van der Waals surface area contributed by atoms with Crippen LogP contribution in [0.25, 0.3) is 11.3 Å². The van der Waals surface area contributed by atoms with E-state index in [-0.39, 0.29) is 17.3 Å². The van der Waals surface area contributed by atoms with Gasteiger partial charge in [-0.25, -0.2) is 19.2 Å². The molecule has 3 rings (SSSR count). The van der Waals surface area contributed by atoms with E-state index in [2.05, 4.69) is 25.6 Å². The fraction of sp³-hybridized carbons (Fsp3) is 0.167. The molecule has 0 saturated carbocycles. The summed E-state index contributed by atoms with van der Waals surface area (Å²) in [7, 11) is 0. The van der Waals surface area contributed by atoms with Crippen molar-refractivity contribution in [1.29, 1.82) is 0 Å². The van der Waals surface area contributed by atoms with Gasteiger partial charge in [0.1, 0.15) is 5.82 Å². The fourth-order valence-electron chi connectivity index (χ4n) is 2.83. The standard InChI is InChI=1S/C24H25ClFN7O/c1-24(2,3)30-13-17(21(27)19-10-11-29-22(28)32-19)14-4-9-18(26)20(12-14)33-23(34)31-16-7-5-15(25)6-8-16/h4-13H,27H2,1-3H3,(H2,28,29,32)(H2,31,33,34). The van der Waals surface area contributed by atoms with Crippen molar-refractivity contribution in [2.75, 3.05) is 16.4 Å². The Balaban J connectivity index is 1.98. The van der Waals surface area contributed by atoms with Gasteiger partial charge in [-0.1, -0.05) is 17.7 Å². The number of halogens is 2. The van der Waals surface area contributed by atoms with E-state index >= 15 is 0 Å². The van der Waals surface area contributed by atoms with Crippen LogP contribution in [0.15, 0.2) is 59.7 Å². The normalized spacial score (nSPS) is 12.4. The van der Waals surface area contributed by atoms with Gasteiger partial charge in [-0.05, 0) is 68.8 Å². The van der Waals surface area contributed by atoms with Crippen LogP contribution in [0.1, 0.15) is 32.0 Å². The fourth-order valence-corrected chi connectivity index (χ4v) is 2.95. The largest absolute Gasteiger partial charge is 0.396 e. The summed E-state index contributed by atoms with van der Waals surface area (Å²) in [6.45, 7) is 5.79. The second-order valence-electron chi connectivity index (χ2n) is 8.34. The Labute approximate surface area is 202 Å². The zero-order chi connectivity index (χ0) is 24.9. The van der Waals surface area contributed by atoms with Crippen molar-refractivity contribution in [3.8, 4) is 0 Å². The lowest BCUT2D eigenvalue weighted by Crippen LogP contribution is -2.20. The summed E-state index contributed by atoms with van der Waals surface area (Å²) in [6, 6.07) is 11.8. The number of carbonyl (C=O) groups is 1. The number of carbonyl (C=O) groups excluding carboxylic acids is 1. The van der Waals surface area contributed by atoms with Gasteiger partial charge in [-0.15, -0.1) is 0 Å². The maximum Gasteiger partial charge on any atom is 0.323 e. The Hall–Kier alpha value is -3.98. The van der Waals surface area contributed by atoms with Gasteiger partial charge < -0.3 is 22.1 Å². The minimum absolute atomic E-state index is 0.0411. The summed E-state index contributed by atoms with van der Waals surface area (Å²) in [4.78, 5) is 25.0. The molecule has 0 aliphatic heterocycles. The van der Waals surface area contributed by atoms with E-state index in [1.165, 1.54) is 18.3 Å². The highest BCUT2D eigenvalue weighted by atomic mass is 35.5. The summed E-state index contributed by atoms with van der Waals surface area (Å²) in [5.41, 5.74) is 13.8. The molecule has 0 aliphatic carbocycles. The molecule has 1 heterocycles. The number of amides is 2. The Morgan fingerprint density at radius 2 is 1.82 bits per heavy atom. The van der Waals surface area contributed by atoms with Crippen LogP contribution < -0.4 is 22.1 Å². The van der Waals surface area contributed by atoms with Gasteiger partial charge in [0.2, 0.25) is 5.95 Å². The molecular formula is C24H25ClFN7O. The molecule has 10 heteroatoms. The number of nitrogen functional groups attached to an aromatic ring is 1. The van der Waals surface area contributed by atoms with E-state index in [4.69, 9.17) is 23.1 Å². The molecule has 0 aliphatic rings. The molecular weight excluding hydrogens is 457 g/mol. The van der Waals surface area contributed by atoms with Gasteiger partial charge in [0, 0.05) is 28.7 Å². The molecule has 8 nitrogen and oxygen atoms in total. The third-order valence-corrected chi connectivity index (χ3v) is 4.70. The van der Waals surface area contributed by atoms with Gasteiger partial charge in [0.05, 0.1) is 22.6 Å². The average Bonchev–Trinajstić information content (AvgIpc) is 2.76. The van der Waals surface area contributed by atoms with Crippen molar-refractivity contribution in [3.63, 3.8) is 0 Å². The van der Waals surface area contributed by atoms with Crippen LogP contribution in [0.4, 0.5) is 26.5 Å². The first-order chi connectivity index (χ1) is 16.0. The minimum Gasteiger partial charge on any atom is -0.396 e. The predicted octanol–water partition coefficient (Wildman–Crippen LogP) is 5.19. The molecule has 34 heavy (non-hydrogen) atoms. The van der Waals surface area contributed by atoms with Gasteiger partial charge in [-0.3, -0.25) is 4.99 Å². The van der Waals surface area contributed by atoms with Crippen molar-refractivity contribution in [2.24, 2.45) is 10.7 Å². The Morgan fingerprint density at radius 3 is 2.47 bits per heavy atom. The molecule has 0 bridgehead atoms. The first-order valence-electron chi connectivity index (χ1n) is 10.3. The van der Waals surface area contributed by atoms with Crippen molar-refractivity contribution in [2.45, 2.75) is 26.3 Å². The molecule has 0 radical (unpaired) electrons. The van der Waals surface area contributed by atoms with Gasteiger partial charge in [0.25, 0.3) is 0 Å². The lowest BCUT2D eigenvalue weighted by Gasteiger charge is -2.15. The number of aromatic nitrogens is 2. The highest BCUT2D eigenvalue weighted by molar-refractivity contribution is 6.30. The van der Waals surface area contributed by atoms with E-state index in [0.29, 0.717) is 27.5 Å². The predicted molar refractivity (Wildman–Crippen MR) is 136 cm³/mol. The number of nitrogens with zero attached hydrogens (tertiary/aromatic N) is 3. The van der Waals surface area contributed by atoms with Crippen LogP contribution in [0, 0.1) is 5.82 Å². The Bertz CT molecular complexity index is 1250. The first kappa shape index (κ1) is 24.7. The summed E-state index contributed by atoms with van der Waals surface area (Å²) < 4.78 is 14.6. The summed E-state index contributed by atoms with van der Waals surface area (Å²) in [5, 5.41) is 5.67.